The van der Waals surface area contributed by atoms with E-state index in [4.69, 9.17) is 31.5 Å². The van der Waals surface area contributed by atoms with Crippen LogP contribution >= 0.6 is 7.60 Å². The first-order chi connectivity index (χ1) is 17.4. The second-order valence-corrected chi connectivity index (χ2v) is 10.4. The molecule has 1 aliphatic rings. The molecule has 1 fully saturated rings. The highest BCUT2D eigenvalue weighted by Crippen LogP contribution is 2.43. The van der Waals surface area contributed by atoms with E-state index < -0.39 is 50.0 Å². The van der Waals surface area contributed by atoms with E-state index in [1.54, 1.807) is 0 Å². The fourth-order valence-electron chi connectivity index (χ4n) is 3.63. The molecule has 1 saturated heterocycles. The Hall–Kier alpha value is -2.79. The van der Waals surface area contributed by atoms with E-state index in [0.29, 0.717) is 39.0 Å². The van der Waals surface area contributed by atoms with E-state index in [9.17, 15) is 29.3 Å². The van der Waals surface area contributed by atoms with Gasteiger partial charge in [-0.2, -0.15) is 0 Å². The average molecular weight is 550 g/mol. The Balaban J connectivity index is 1.89. The molecule has 210 valence electrons. The molecule has 0 bridgehead atoms. The predicted molar refractivity (Wildman–Crippen MR) is 133 cm³/mol. The number of nitrogens with zero attached hydrogens (tertiary/aromatic N) is 2. The molecular formula is C19H36N9O8P. The number of hydrogen-bond acceptors (Lipinski definition) is 10. The van der Waals surface area contributed by atoms with Crippen molar-refractivity contribution >= 4 is 19.5 Å². The Labute approximate surface area is 212 Å². The van der Waals surface area contributed by atoms with Gasteiger partial charge in [0.05, 0.1) is 12.8 Å². The molecule has 0 radical (unpaired) electrons. The summed E-state index contributed by atoms with van der Waals surface area (Å²) in [5, 5.41) is 40.3. The molecule has 37 heavy (non-hydrogen) atoms. The van der Waals surface area contributed by atoms with E-state index >= 15 is 0 Å². The Morgan fingerprint density at radius 2 is 1.73 bits per heavy atom. The monoisotopic (exact) mass is 549 g/mol. The first-order valence-corrected chi connectivity index (χ1v) is 13.3. The summed E-state index contributed by atoms with van der Waals surface area (Å²) in [7, 11) is -4.13. The second-order valence-electron chi connectivity index (χ2n) is 8.45. The molecule has 2 rings (SSSR count). The first kappa shape index (κ1) is 30.4. The average Bonchev–Trinajstić information content (AvgIpc) is 3.09. The van der Waals surface area contributed by atoms with Crippen molar-refractivity contribution in [3.63, 3.8) is 0 Å². The highest BCUT2D eigenvalue weighted by Gasteiger charge is 2.45. The summed E-state index contributed by atoms with van der Waals surface area (Å²) in [6, 6.07) is 1.05. The normalized spacial score (nSPS) is 23.0. The lowest BCUT2D eigenvalue weighted by Crippen LogP contribution is -2.37. The maximum Gasteiger partial charge on any atom is 0.330 e. The fourth-order valence-corrected chi connectivity index (χ4v) is 4.68. The molecule has 0 aromatic carbocycles. The van der Waals surface area contributed by atoms with E-state index in [-0.39, 0.29) is 24.6 Å². The van der Waals surface area contributed by atoms with E-state index in [1.807, 2.05) is 9.88 Å². The quantitative estimate of drug-likeness (QED) is 0.0439. The number of aliphatic hydroxyl groups is 2. The van der Waals surface area contributed by atoms with Crippen molar-refractivity contribution in [1.82, 2.24) is 25.1 Å². The molecule has 0 aliphatic carbocycles. The lowest BCUT2D eigenvalue weighted by Gasteiger charge is -2.24. The zero-order chi connectivity index (χ0) is 27.6. The summed E-state index contributed by atoms with van der Waals surface area (Å²) >= 11 is 0. The maximum absolute atomic E-state index is 12.6. The van der Waals surface area contributed by atoms with Gasteiger partial charge in [0, 0.05) is 31.9 Å². The van der Waals surface area contributed by atoms with Gasteiger partial charge in [-0.1, -0.05) is 0 Å². The van der Waals surface area contributed by atoms with Gasteiger partial charge in [-0.25, -0.2) is 4.79 Å². The number of aliphatic hydroxyl groups excluding tert-OH is 2. The van der Waals surface area contributed by atoms with Gasteiger partial charge in [-0.3, -0.25) is 29.7 Å². The van der Waals surface area contributed by atoms with Gasteiger partial charge in [0.15, 0.2) is 18.1 Å². The summed E-state index contributed by atoms with van der Waals surface area (Å²) in [5.74, 6) is -0.306. The summed E-state index contributed by atoms with van der Waals surface area (Å²) in [4.78, 5) is 37.5. The SMILES string of the molecule is N=C(N)NCCCN(CCCNC(=N)N)CCP(=O)(O)OC[C@H]1O[C@@H](n2ccc(=O)[nH]c2=O)C(O)[C@H]1O. The van der Waals surface area contributed by atoms with E-state index in [0.717, 1.165) is 16.8 Å². The third-order valence-corrected chi connectivity index (χ3v) is 6.85. The Morgan fingerprint density at radius 1 is 1.14 bits per heavy atom. The predicted octanol–water partition coefficient (Wildman–Crippen LogP) is -3.59. The first-order valence-electron chi connectivity index (χ1n) is 11.6. The van der Waals surface area contributed by atoms with Crippen LogP contribution < -0.4 is 33.3 Å². The van der Waals surface area contributed by atoms with Crippen molar-refractivity contribution in [2.75, 3.05) is 45.5 Å². The fraction of sp³-hybridized carbons (Fsp3) is 0.684. The molecule has 18 heteroatoms. The topological polar surface area (TPSA) is 278 Å². The van der Waals surface area contributed by atoms with Crippen LogP contribution in [0.2, 0.25) is 0 Å². The van der Waals surface area contributed by atoms with Crippen LogP contribution in [0.15, 0.2) is 21.9 Å². The van der Waals surface area contributed by atoms with Crippen LogP contribution in [0, 0.1) is 10.8 Å². The van der Waals surface area contributed by atoms with Crippen molar-refractivity contribution in [1.29, 1.82) is 10.8 Å². The number of nitrogens with two attached hydrogens (primary N) is 2. The molecule has 0 amide bonds. The van der Waals surface area contributed by atoms with Crippen molar-refractivity contribution < 1.29 is 28.9 Å². The lowest BCUT2D eigenvalue weighted by molar-refractivity contribution is -0.0525. The highest BCUT2D eigenvalue weighted by molar-refractivity contribution is 7.52. The summed E-state index contributed by atoms with van der Waals surface area (Å²) in [6.45, 7) is 1.64. The number of guanidine groups is 2. The molecule has 12 N–H and O–H groups in total. The third-order valence-electron chi connectivity index (χ3n) is 5.53. The molecule has 0 spiro atoms. The minimum absolute atomic E-state index is 0.153. The van der Waals surface area contributed by atoms with Gasteiger partial charge in [0.2, 0.25) is 0 Å². The largest absolute Gasteiger partial charge is 0.387 e. The highest BCUT2D eigenvalue weighted by atomic mass is 31.2. The minimum Gasteiger partial charge on any atom is -0.387 e. The number of aromatic nitrogens is 2. The molecule has 1 aromatic rings. The summed E-state index contributed by atoms with van der Waals surface area (Å²) < 4.78 is 24.2. The maximum atomic E-state index is 12.6. The molecule has 2 unspecified atom stereocenters. The van der Waals surface area contributed by atoms with Crippen LogP contribution in [0.4, 0.5) is 0 Å². The Morgan fingerprint density at radius 3 is 2.27 bits per heavy atom. The molecule has 0 saturated carbocycles. The minimum atomic E-state index is -4.13. The van der Waals surface area contributed by atoms with Gasteiger partial charge in [-0.05, 0) is 25.9 Å². The number of nitrogens with one attached hydrogen (secondary N) is 5. The summed E-state index contributed by atoms with van der Waals surface area (Å²) in [5.41, 5.74) is 9.04. The van der Waals surface area contributed by atoms with Crippen LogP contribution in [-0.4, -0.2) is 105 Å². The van der Waals surface area contributed by atoms with Gasteiger partial charge in [0.25, 0.3) is 5.56 Å². The van der Waals surface area contributed by atoms with Crippen LogP contribution in [0.3, 0.4) is 0 Å². The molecule has 5 atom stereocenters. The van der Waals surface area contributed by atoms with Gasteiger partial charge in [0.1, 0.15) is 18.3 Å². The number of ether oxygens (including phenoxy) is 1. The van der Waals surface area contributed by atoms with E-state index in [1.165, 1.54) is 0 Å². The van der Waals surface area contributed by atoms with Crippen molar-refractivity contribution in [2.45, 2.75) is 37.4 Å². The zero-order valence-electron chi connectivity index (χ0n) is 20.2. The van der Waals surface area contributed by atoms with Gasteiger partial charge >= 0.3 is 13.3 Å². The van der Waals surface area contributed by atoms with Crippen molar-refractivity contribution in [3.05, 3.63) is 33.1 Å². The van der Waals surface area contributed by atoms with Gasteiger partial charge in [-0.15, -0.1) is 0 Å². The van der Waals surface area contributed by atoms with Crippen LogP contribution in [0.1, 0.15) is 19.1 Å². The Kier molecular flexibility index (Phi) is 11.7. The van der Waals surface area contributed by atoms with Crippen LogP contribution in [0.5, 0.6) is 0 Å². The molecule has 1 aromatic heterocycles. The number of aromatic amines is 1. The molecular weight excluding hydrogens is 513 g/mol. The zero-order valence-corrected chi connectivity index (χ0v) is 21.1. The molecule has 1 aliphatic heterocycles. The van der Waals surface area contributed by atoms with Crippen molar-refractivity contribution in [3.8, 4) is 0 Å². The smallest absolute Gasteiger partial charge is 0.330 e. The lowest BCUT2D eigenvalue weighted by atomic mass is 10.1. The number of hydrogen-bond donors (Lipinski definition) is 10. The third kappa shape index (κ3) is 10.2. The summed E-state index contributed by atoms with van der Waals surface area (Å²) in [6.07, 6.45) is -3.49. The standard InChI is InChI=1S/C19H36N9O8P/c20-17(21)24-4-1-6-27(7-2-5-25-18(22)23)9-10-37(33,34)35-11-12-14(30)15(31)16(36-12)28-8-3-13(29)26-19(28)32/h3,8,12,14-16,30-31H,1-2,4-7,9-11H2,(H,33,34)(H4,20,21,24)(H4,22,23,25)(H,26,29,32)/t12-,14+,15?,16-/m1/s1. The van der Waals surface area contributed by atoms with Crippen LogP contribution in [-0.2, 0) is 13.8 Å². The molecule has 17 nitrogen and oxygen atoms in total. The number of rotatable bonds is 15. The number of H-pyrrole nitrogens is 1. The second kappa shape index (κ2) is 14.2. The molecule has 2 heterocycles. The van der Waals surface area contributed by atoms with Crippen molar-refractivity contribution in [2.24, 2.45) is 11.5 Å². The van der Waals surface area contributed by atoms with E-state index in [2.05, 4.69) is 10.6 Å². The van der Waals surface area contributed by atoms with Gasteiger partial charge < -0.3 is 51.4 Å². The Bertz CT molecular complexity index is 1040. The van der Waals surface area contributed by atoms with Crippen LogP contribution in [0.25, 0.3) is 0 Å².